The highest BCUT2D eigenvalue weighted by atomic mass is 35.5. The predicted molar refractivity (Wildman–Crippen MR) is 122 cm³/mol. The maximum absolute atomic E-state index is 12.8. The summed E-state index contributed by atoms with van der Waals surface area (Å²) in [6.07, 6.45) is 1.47. The number of hydrogen-bond donors (Lipinski definition) is 2. The smallest absolute Gasteiger partial charge is 0.339 e. The molecule has 0 aliphatic rings. The highest BCUT2D eigenvalue weighted by molar-refractivity contribution is 6.31. The van der Waals surface area contributed by atoms with E-state index in [4.69, 9.17) is 25.3 Å². The topological polar surface area (TPSA) is 137 Å². The third-order valence-corrected chi connectivity index (χ3v) is 5.34. The van der Waals surface area contributed by atoms with Crippen molar-refractivity contribution < 1.29 is 28.1 Å². The van der Waals surface area contributed by atoms with Crippen LogP contribution in [0.15, 0.2) is 51.6 Å². The molecule has 4 aromatic rings. The van der Waals surface area contributed by atoms with E-state index in [-0.39, 0.29) is 17.8 Å². The lowest BCUT2D eigenvalue weighted by Crippen LogP contribution is -2.35. The molecule has 0 bridgehead atoms. The second-order valence-electron chi connectivity index (χ2n) is 7.29. The van der Waals surface area contributed by atoms with E-state index in [1.165, 1.54) is 12.3 Å². The van der Waals surface area contributed by atoms with Crippen LogP contribution in [-0.2, 0) is 14.3 Å². The van der Waals surface area contributed by atoms with E-state index in [0.29, 0.717) is 38.8 Å². The molecule has 0 radical (unpaired) electrons. The number of carbonyl (C=O) groups is 3. The quantitative estimate of drug-likeness (QED) is 0.381. The van der Waals surface area contributed by atoms with E-state index in [1.807, 2.05) is 0 Å². The van der Waals surface area contributed by atoms with Crippen LogP contribution < -0.4 is 10.6 Å². The molecule has 4 rings (SSSR count). The molecule has 0 unspecified atom stereocenters. The fraction of sp³-hybridized carbons (Fsp3) is 0.174. The van der Waals surface area contributed by atoms with Gasteiger partial charge in [0.05, 0.1) is 29.5 Å². The second kappa shape index (κ2) is 9.75. The molecular weight excluding hydrogens is 464 g/mol. The van der Waals surface area contributed by atoms with Crippen molar-refractivity contribution in [3.8, 4) is 11.5 Å². The first kappa shape index (κ1) is 23.0. The van der Waals surface area contributed by atoms with E-state index in [1.54, 1.807) is 44.2 Å². The van der Waals surface area contributed by atoms with Crippen LogP contribution in [0, 0.1) is 13.8 Å². The van der Waals surface area contributed by atoms with Crippen LogP contribution in [0.5, 0.6) is 0 Å². The first-order valence-electron chi connectivity index (χ1n) is 10.1. The van der Waals surface area contributed by atoms with Gasteiger partial charge in [-0.2, -0.15) is 0 Å². The fourth-order valence-corrected chi connectivity index (χ4v) is 3.36. The number of nitrogens with zero attached hydrogens (tertiary/aromatic N) is 2. The Labute approximate surface area is 198 Å². The molecule has 3 heterocycles. The highest BCUT2D eigenvalue weighted by Crippen LogP contribution is 2.28. The van der Waals surface area contributed by atoms with Crippen molar-refractivity contribution in [1.29, 1.82) is 0 Å². The number of amides is 2. The van der Waals surface area contributed by atoms with E-state index >= 15 is 0 Å². The fourth-order valence-electron chi connectivity index (χ4n) is 3.18. The first-order valence-corrected chi connectivity index (χ1v) is 10.5. The molecular formula is C23H19ClN4O6. The van der Waals surface area contributed by atoms with Crippen molar-refractivity contribution in [2.75, 3.05) is 18.5 Å². The van der Waals surface area contributed by atoms with Crippen molar-refractivity contribution in [3.05, 3.63) is 64.5 Å². The molecule has 0 atom stereocenters. The number of pyridine rings is 1. The van der Waals surface area contributed by atoms with Gasteiger partial charge in [-0.05, 0) is 49.7 Å². The molecule has 0 fully saturated rings. The SMILES string of the molecule is Cc1c(Cl)cccc1NC(=O)CNC(=O)COC(=O)c1cc(-c2ccco2)nc2onc(C)c12. The Morgan fingerprint density at radius 1 is 1.12 bits per heavy atom. The molecule has 2 amide bonds. The summed E-state index contributed by atoms with van der Waals surface area (Å²) in [5.74, 6) is -1.46. The lowest BCUT2D eigenvalue weighted by atomic mass is 10.1. The number of fused-ring (bicyclic) bond motifs is 1. The average Bonchev–Trinajstić information content (AvgIpc) is 3.49. The standard InChI is InChI=1S/C23H19ClN4O6/c1-12-15(24)5-3-6-16(12)26-19(29)10-25-20(30)11-33-23(31)14-9-17(18-7-4-8-32-18)27-22-21(14)13(2)28-34-22/h3-9H,10-11H2,1-2H3,(H,25,30)(H,26,29). The molecule has 2 N–H and O–H groups in total. The molecule has 34 heavy (non-hydrogen) atoms. The van der Waals surface area contributed by atoms with Crippen LogP contribution in [0.4, 0.5) is 5.69 Å². The molecule has 0 saturated carbocycles. The zero-order chi connectivity index (χ0) is 24.2. The number of rotatable bonds is 7. The lowest BCUT2D eigenvalue weighted by Gasteiger charge is -2.10. The molecule has 0 aliphatic heterocycles. The monoisotopic (exact) mass is 482 g/mol. The minimum absolute atomic E-state index is 0.122. The number of benzene rings is 1. The van der Waals surface area contributed by atoms with Gasteiger partial charge in [0.1, 0.15) is 5.69 Å². The summed E-state index contributed by atoms with van der Waals surface area (Å²) in [4.78, 5) is 41.3. The van der Waals surface area contributed by atoms with E-state index in [9.17, 15) is 14.4 Å². The first-order chi connectivity index (χ1) is 16.3. The third kappa shape index (κ3) is 4.91. The largest absolute Gasteiger partial charge is 0.463 e. The summed E-state index contributed by atoms with van der Waals surface area (Å²) in [7, 11) is 0. The van der Waals surface area contributed by atoms with Gasteiger partial charge in [0, 0.05) is 10.7 Å². The summed E-state index contributed by atoms with van der Waals surface area (Å²) >= 11 is 6.04. The zero-order valence-corrected chi connectivity index (χ0v) is 18.9. The van der Waals surface area contributed by atoms with Crippen molar-refractivity contribution in [2.24, 2.45) is 0 Å². The van der Waals surface area contributed by atoms with Crippen molar-refractivity contribution in [1.82, 2.24) is 15.5 Å². The summed E-state index contributed by atoms with van der Waals surface area (Å²) in [6, 6.07) is 9.94. The van der Waals surface area contributed by atoms with Crippen molar-refractivity contribution >= 4 is 46.2 Å². The summed E-state index contributed by atoms with van der Waals surface area (Å²) in [6.45, 7) is 2.52. The van der Waals surface area contributed by atoms with Crippen LogP contribution in [0.1, 0.15) is 21.6 Å². The highest BCUT2D eigenvalue weighted by Gasteiger charge is 2.22. The van der Waals surface area contributed by atoms with Crippen LogP contribution >= 0.6 is 11.6 Å². The van der Waals surface area contributed by atoms with Gasteiger partial charge in [-0.25, -0.2) is 9.78 Å². The Morgan fingerprint density at radius 3 is 2.71 bits per heavy atom. The van der Waals surface area contributed by atoms with E-state index < -0.39 is 24.4 Å². The predicted octanol–water partition coefficient (Wildman–Crippen LogP) is 3.66. The van der Waals surface area contributed by atoms with Crippen LogP contribution in [0.3, 0.4) is 0 Å². The van der Waals surface area contributed by atoms with Gasteiger partial charge in [-0.15, -0.1) is 0 Å². The minimum Gasteiger partial charge on any atom is -0.463 e. The van der Waals surface area contributed by atoms with Crippen LogP contribution in [0.2, 0.25) is 5.02 Å². The zero-order valence-electron chi connectivity index (χ0n) is 18.2. The minimum atomic E-state index is -0.777. The Balaban J connectivity index is 1.38. The van der Waals surface area contributed by atoms with Gasteiger partial charge in [0.2, 0.25) is 5.91 Å². The van der Waals surface area contributed by atoms with Gasteiger partial charge in [0.15, 0.2) is 12.4 Å². The summed E-state index contributed by atoms with van der Waals surface area (Å²) < 4.78 is 15.7. The van der Waals surface area contributed by atoms with Gasteiger partial charge >= 0.3 is 5.97 Å². The van der Waals surface area contributed by atoms with Crippen molar-refractivity contribution in [2.45, 2.75) is 13.8 Å². The van der Waals surface area contributed by atoms with E-state index in [0.717, 1.165) is 0 Å². The Morgan fingerprint density at radius 2 is 1.94 bits per heavy atom. The molecule has 11 heteroatoms. The Kier molecular flexibility index (Phi) is 6.60. The van der Waals surface area contributed by atoms with Gasteiger partial charge in [-0.3, -0.25) is 9.59 Å². The maximum Gasteiger partial charge on any atom is 0.339 e. The Hall–Kier alpha value is -4.18. The van der Waals surface area contributed by atoms with Gasteiger partial charge < -0.3 is 24.3 Å². The molecule has 0 spiro atoms. The van der Waals surface area contributed by atoms with Crippen LogP contribution in [-0.4, -0.2) is 41.1 Å². The number of nitrogens with one attached hydrogen (secondary N) is 2. The maximum atomic E-state index is 12.8. The normalized spacial score (nSPS) is 10.8. The van der Waals surface area contributed by atoms with Gasteiger partial charge in [0.25, 0.3) is 11.6 Å². The number of anilines is 1. The molecule has 10 nitrogen and oxygen atoms in total. The third-order valence-electron chi connectivity index (χ3n) is 4.93. The number of halogens is 1. The van der Waals surface area contributed by atoms with E-state index in [2.05, 4.69) is 20.8 Å². The average molecular weight is 483 g/mol. The number of aromatic nitrogens is 2. The molecule has 3 aromatic heterocycles. The number of hydrogen-bond acceptors (Lipinski definition) is 8. The molecule has 1 aromatic carbocycles. The summed E-state index contributed by atoms with van der Waals surface area (Å²) in [5.41, 5.74) is 2.29. The van der Waals surface area contributed by atoms with Crippen molar-refractivity contribution in [3.63, 3.8) is 0 Å². The lowest BCUT2D eigenvalue weighted by molar-refractivity contribution is -0.126. The second-order valence-corrected chi connectivity index (χ2v) is 7.70. The molecule has 0 aliphatic carbocycles. The number of esters is 1. The molecule has 0 saturated heterocycles. The van der Waals surface area contributed by atoms with Crippen LogP contribution in [0.25, 0.3) is 22.6 Å². The number of aryl methyl sites for hydroxylation is 1. The Bertz CT molecular complexity index is 1380. The number of ether oxygens (including phenoxy) is 1. The van der Waals surface area contributed by atoms with Gasteiger partial charge in [-0.1, -0.05) is 22.8 Å². The molecule has 174 valence electrons. The summed E-state index contributed by atoms with van der Waals surface area (Å²) in [5, 5.41) is 9.79. The number of furan rings is 1. The number of carbonyl (C=O) groups excluding carboxylic acids is 3.